The second-order valence-electron chi connectivity index (χ2n) is 2.96. The van der Waals surface area contributed by atoms with Crippen molar-refractivity contribution < 1.29 is 0 Å². The van der Waals surface area contributed by atoms with Gasteiger partial charge in [-0.3, -0.25) is 4.99 Å². The van der Waals surface area contributed by atoms with Crippen LogP contribution in [0.4, 0.5) is 0 Å². The number of hydrogen-bond donors (Lipinski definition) is 3. The van der Waals surface area contributed by atoms with Crippen molar-refractivity contribution in [2.24, 2.45) is 10.7 Å². The van der Waals surface area contributed by atoms with Crippen LogP contribution in [0.3, 0.4) is 0 Å². The molecule has 0 aromatic carbocycles. The molecular weight excluding hydrogens is 164 g/mol. The van der Waals surface area contributed by atoms with E-state index in [0.717, 1.165) is 12.2 Å². The number of nitrogens with one attached hydrogen (secondary N) is 2. The zero-order valence-electron chi connectivity index (χ0n) is 7.83. The van der Waals surface area contributed by atoms with Gasteiger partial charge in [0.1, 0.15) is 12.5 Å². The van der Waals surface area contributed by atoms with E-state index in [2.05, 4.69) is 28.6 Å². The number of nitrogens with zero attached hydrogens (tertiary/aromatic N) is 1. The fraction of sp³-hybridized carbons (Fsp3) is 0.444. The van der Waals surface area contributed by atoms with Gasteiger partial charge in [-0.1, -0.05) is 12.2 Å². The highest BCUT2D eigenvalue weighted by Crippen LogP contribution is 2.00. The lowest BCUT2D eigenvalue weighted by molar-refractivity contribution is 0.585. The molecule has 0 bridgehead atoms. The van der Waals surface area contributed by atoms with Crippen LogP contribution in [0.2, 0.25) is 0 Å². The molecule has 72 valence electrons. The Kier molecular flexibility index (Phi) is 3.88. The second-order valence-corrected chi connectivity index (χ2v) is 2.96. The molecule has 4 heteroatoms. The van der Waals surface area contributed by atoms with Gasteiger partial charge in [0.15, 0.2) is 0 Å². The van der Waals surface area contributed by atoms with Crippen LogP contribution >= 0.6 is 0 Å². The molecule has 0 saturated carbocycles. The maximum Gasteiger partial charge on any atom is 0.110 e. The predicted molar refractivity (Wildman–Crippen MR) is 55.1 cm³/mol. The standard InChI is InChI=1S/C9H16N4/c1-8-4-2-3-5-9(13-8)12-7-11-6-10/h2-3,5-6,8,12-13H,4,7H2,1H3,(H2,10,11). The lowest BCUT2D eigenvalue weighted by Gasteiger charge is -2.15. The molecule has 13 heavy (non-hydrogen) atoms. The van der Waals surface area contributed by atoms with Gasteiger partial charge in [0.2, 0.25) is 0 Å². The predicted octanol–water partition coefficient (Wildman–Crippen LogP) is 0.300. The van der Waals surface area contributed by atoms with Crippen LogP contribution in [0.15, 0.2) is 29.0 Å². The first-order chi connectivity index (χ1) is 6.33. The summed E-state index contributed by atoms with van der Waals surface area (Å²) in [6.07, 6.45) is 8.50. The third kappa shape index (κ3) is 3.64. The van der Waals surface area contributed by atoms with E-state index in [-0.39, 0.29) is 0 Å². The average Bonchev–Trinajstić information content (AvgIpc) is 2.31. The summed E-state index contributed by atoms with van der Waals surface area (Å²) < 4.78 is 0. The third-order valence-corrected chi connectivity index (χ3v) is 1.76. The Morgan fingerprint density at radius 2 is 2.69 bits per heavy atom. The van der Waals surface area contributed by atoms with E-state index in [4.69, 9.17) is 5.73 Å². The molecule has 0 aliphatic carbocycles. The Morgan fingerprint density at radius 1 is 1.85 bits per heavy atom. The van der Waals surface area contributed by atoms with Gasteiger partial charge in [-0.2, -0.15) is 0 Å². The van der Waals surface area contributed by atoms with E-state index < -0.39 is 0 Å². The molecule has 4 N–H and O–H groups in total. The third-order valence-electron chi connectivity index (χ3n) is 1.76. The van der Waals surface area contributed by atoms with Gasteiger partial charge in [-0.05, 0) is 19.4 Å². The Balaban J connectivity index is 2.39. The van der Waals surface area contributed by atoms with Crippen molar-refractivity contribution in [1.29, 1.82) is 0 Å². The number of nitrogens with two attached hydrogens (primary N) is 1. The number of hydrogen-bond acceptors (Lipinski definition) is 3. The van der Waals surface area contributed by atoms with Crippen LogP contribution in [-0.2, 0) is 0 Å². The Morgan fingerprint density at radius 3 is 3.46 bits per heavy atom. The Hall–Kier alpha value is -1.45. The van der Waals surface area contributed by atoms with Crippen LogP contribution in [0, 0.1) is 0 Å². The zero-order chi connectivity index (χ0) is 9.52. The van der Waals surface area contributed by atoms with Crippen molar-refractivity contribution in [3.05, 3.63) is 24.0 Å². The Bertz CT molecular complexity index is 230. The average molecular weight is 180 g/mol. The molecule has 1 heterocycles. The van der Waals surface area contributed by atoms with Crippen LogP contribution < -0.4 is 16.4 Å². The van der Waals surface area contributed by atoms with Crippen LogP contribution in [0.5, 0.6) is 0 Å². The van der Waals surface area contributed by atoms with E-state index in [9.17, 15) is 0 Å². The van der Waals surface area contributed by atoms with Crippen LogP contribution in [0.25, 0.3) is 0 Å². The van der Waals surface area contributed by atoms with E-state index in [1.165, 1.54) is 6.34 Å². The van der Waals surface area contributed by atoms with Crippen molar-refractivity contribution in [1.82, 2.24) is 10.6 Å². The summed E-state index contributed by atoms with van der Waals surface area (Å²) in [6.45, 7) is 2.65. The maximum atomic E-state index is 5.12. The van der Waals surface area contributed by atoms with Gasteiger partial charge in [-0.25, -0.2) is 0 Å². The SMILES string of the molecule is CC1CC=CC=C(NCN=CN)N1. The van der Waals surface area contributed by atoms with Crippen LogP contribution in [0.1, 0.15) is 13.3 Å². The molecule has 1 unspecified atom stereocenters. The molecule has 0 spiro atoms. The normalized spacial score (nSPS) is 22.2. The van der Waals surface area contributed by atoms with E-state index in [0.29, 0.717) is 12.7 Å². The highest BCUT2D eigenvalue weighted by molar-refractivity contribution is 5.50. The summed E-state index contributed by atoms with van der Waals surface area (Å²) in [5.41, 5.74) is 5.12. The molecule has 0 fully saturated rings. The van der Waals surface area contributed by atoms with Gasteiger partial charge in [0.25, 0.3) is 0 Å². The molecule has 0 saturated heterocycles. The summed E-state index contributed by atoms with van der Waals surface area (Å²) >= 11 is 0. The molecule has 0 aromatic heterocycles. The van der Waals surface area contributed by atoms with Gasteiger partial charge in [-0.15, -0.1) is 0 Å². The molecule has 4 nitrogen and oxygen atoms in total. The minimum Gasteiger partial charge on any atom is -0.390 e. The first-order valence-electron chi connectivity index (χ1n) is 4.40. The van der Waals surface area contributed by atoms with Gasteiger partial charge in [0.05, 0.1) is 6.34 Å². The quantitative estimate of drug-likeness (QED) is 0.432. The minimum absolute atomic E-state index is 0.458. The lowest BCUT2D eigenvalue weighted by atomic mass is 10.2. The molecule has 1 aliphatic heterocycles. The van der Waals surface area contributed by atoms with Crippen molar-refractivity contribution in [2.75, 3.05) is 6.67 Å². The summed E-state index contributed by atoms with van der Waals surface area (Å²) in [5, 5.41) is 6.42. The summed E-state index contributed by atoms with van der Waals surface area (Å²) in [4.78, 5) is 3.86. The molecule has 1 rings (SSSR count). The van der Waals surface area contributed by atoms with Crippen molar-refractivity contribution in [2.45, 2.75) is 19.4 Å². The summed E-state index contributed by atoms with van der Waals surface area (Å²) in [7, 11) is 0. The number of rotatable bonds is 3. The number of aliphatic imine (C=N–C) groups is 1. The van der Waals surface area contributed by atoms with E-state index >= 15 is 0 Å². The van der Waals surface area contributed by atoms with E-state index in [1.807, 2.05) is 12.2 Å². The monoisotopic (exact) mass is 180 g/mol. The highest BCUT2D eigenvalue weighted by atomic mass is 15.1. The van der Waals surface area contributed by atoms with Crippen molar-refractivity contribution in [3.63, 3.8) is 0 Å². The molecule has 1 atom stereocenters. The second kappa shape index (κ2) is 5.24. The summed E-state index contributed by atoms with van der Waals surface area (Å²) in [5.74, 6) is 0.992. The van der Waals surface area contributed by atoms with E-state index in [1.54, 1.807) is 0 Å². The molecule has 0 radical (unpaired) electrons. The Labute approximate surface area is 78.6 Å². The van der Waals surface area contributed by atoms with Crippen molar-refractivity contribution >= 4 is 6.34 Å². The largest absolute Gasteiger partial charge is 0.390 e. The van der Waals surface area contributed by atoms with Gasteiger partial charge in [0, 0.05) is 6.04 Å². The zero-order valence-corrected chi connectivity index (χ0v) is 7.83. The smallest absolute Gasteiger partial charge is 0.110 e. The maximum absolute atomic E-state index is 5.12. The topological polar surface area (TPSA) is 62.4 Å². The fourth-order valence-electron chi connectivity index (χ4n) is 1.11. The highest BCUT2D eigenvalue weighted by Gasteiger charge is 2.03. The molecular formula is C9H16N4. The number of allylic oxidation sites excluding steroid dienone is 2. The van der Waals surface area contributed by atoms with Crippen molar-refractivity contribution in [3.8, 4) is 0 Å². The van der Waals surface area contributed by atoms with Crippen LogP contribution in [-0.4, -0.2) is 19.0 Å². The van der Waals surface area contributed by atoms with Gasteiger partial charge >= 0.3 is 0 Å². The first kappa shape index (κ1) is 9.64. The molecule has 0 amide bonds. The molecule has 1 aliphatic rings. The van der Waals surface area contributed by atoms with Gasteiger partial charge < -0.3 is 16.4 Å². The summed E-state index contributed by atoms with van der Waals surface area (Å²) in [6, 6.07) is 0.458. The fourth-order valence-corrected chi connectivity index (χ4v) is 1.11. The molecule has 0 aromatic rings. The lowest BCUT2D eigenvalue weighted by Crippen LogP contribution is -2.32. The first-order valence-corrected chi connectivity index (χ1v) is 4.40. The minimum atomic E-state index is 0.458.